The van der Waals surface area contributed by atoms with Crippen LogP contribution in [0.4, 0.5) is 4.39 Å². The Hall–Kier alpha value is -3.92. The van der Waals surface area contributed by atoms with E-state index in [-0.39, 0.29) is 28.7 Å². The van der Waals surface area contributed by atoms with Gasteiger partial charge in [0.05, 0.1) is 36.5 Å². The Balaban J connectivity index is 1.05. The van der Waals surface area contributed by atoms with Crippen molar-refractivity contribution in [2.24, 2.45) is 11.8 Å². The molecule has 42 heavy (non-hydrogen) atoms. The molecule has 10 nitrogen and oxygen atoms in total. The molecule has 2 saturated heterocycles. The fraction of sp³-hybridized carbons (Fsp3) is 0.433. The van der Waals surface area contributed by atoms with Gasteiger partial charge in [-0.2, -0.15) is 5.26 Å². The molecule has 0 amide bonds. The van der Waals surface area contributed by atoms with E-state index in [0.29, 0.717) is 46.8 Å². The second kappa shape index (κ2) is 10.4. The van der Waals surface area contributed by atoms with Crippen molar-refractivity contribution in [2.75, 3.05) is 19.7 Å². The van der Waals surface area contributed by atoms with Crippen LogP contribution in [0.5, 0.6) is 5.88 Å². The van der Waals surface area contributed by atoms with Gasteiger partial charge in [0.2, 0.25) is 10.9 Å². The summed E-state index contributed by atoms with van der Waals surface area (Å²) in [6.07, 6.45) is 2.02. The van der Waals surface area contributed by atoms with Crippen LogP contribution in [0.25, 0.3) is 10.5 Å². The minimum Gasteiger partial charge on any atom is -0.476 e. The van der Waals surface area contributed by atoms with Crippen molar-refractivity contribution in [3.63, 3.8) is 0 Å². The van der Waals surface area contributed by atoms with E-state index >= 15 is 0 Å². The van der Waals surface area contributed by atoms with Crippen molar-refractivity contribution < 1.29 is 23.8 Å². The van der Waals surface area contributed by atoms with Crippen molar-refractivity contribution in [3.8, 4) is 11.9 Å². The van der Waals surface area contributed by atoms with E-state index < -0.39 is 11.8 Å². The van der Waals surface area contributed by atoms with Gasteiger partial charge in [-0.25, -0.2) is 24.1 Å². The number of piperidine rings is 1. The van der Waals surface area contributed by atoms with Crippen molar-refractivity contribution in [1.29, 1.82) is 5.26 Å². The zero-order chi connectivity index (χ0) is 29.0. The molecule has 4 atom stereocenters. The maximum Gasteiger partial charge on any atom is 0.365 e. The van der Waals surface area contributed by atoms with E-state index in [1.807, 2.05) is 16.7 Å². The minimum atomic E-state index is -1.04. The van der Waals surface area contributed by atoms with Crippen molar-refractivity contribution in [3.05, 3.63) is 69.9 Å². The Morgan fingerprint density at radius 3 is 2.88 bits per heavy atom. The number of nitriles is 1. The van der Waals surface area contributed by atoms with Crippen LogP contribution < -0.4 is 4.74 Å². The lowest BCUT2D eigenvalue weighted by Gasteiger charge is -2.32. The van der Waals surface area contributed by atoms with Gasteiger partial charge in [-0.05, 0) is 49.4 Å². The van der Waals surface area contributed by atoms with E-state index in [4.69, 9.17) is 24.7 Å². The molecule has 1 aliphatic carbocycles. The van der Waals surface area contributed by atoms with Gasteiger partial charge < -0.3 is 19.1 Å². The topological polar surface area (TPSA) is 126 Å². The van der Waals surface area contributed by atoms with E-state index in [2.05, 4.69) is 22.9 Å². The van der Waals surface area contributed by atoms with Gasteiger partial charge >= 0.3 is 5.97 Å². The summed E-state index contributed by atoms with van der Waals surface area (Å²) in [4.78, 5) is 28.6. The molecule has 3 aliphatic rings. The summed E-state index contributed by atoms with van der Waals surface area (Å²) in [5.74, 6) is 0.727. The second-order valence-corrected chi connectivity index (χ2v) is 12.3. The van der Waals surface area contributed by atoms with Crippen molar-refractivity contribution in [1.82, 2.24) is 24.4 Å². The Morgan fingerprint density at radius 2 is 2.17 bits per heavy atom. The second-order valence-electron chi connectivity index (χ2n) is 11.4. The first kappa shape index (κ1) is 26.9. The maximum absolute atomic E-state index is 14.3. The van der Waals surface area contributed by atoms with Gasteiger partial charge in [-0.1, -0.05) is 30.4 Å². The summed E-state index contributed by atoms with van der Waals surface area (Å²) in [7, 11) is 0. The molecule has 3 fully saturated rings. The molecule has 216 valence electrons. The Morgan fingerprint density at radius 1 is 1.31 bits per heavy atom. The smallest absolute Gasteiger partial charge is 0.365 e. The number of hydrogen-bond acceptors (Lipinski definition) is 9. The van der Waals surface area contributed by atoms with Gasteiger partial charge in [0.1, 0.15) is 18.2 Å². The molecule has 3 unspecified atom stereocenters. The third-order valence-corrected chi connectivity index (χ3v) is 10.1. The Labute approximate surface area is 245 Å². The predicted octanol–water partition coefficient (Wildman–Crippen LogP) is 4.37. The molecule has 2 aliphatic heterocycles. The number of nitrogens with zero attached hydrogens (tertiary/aromatic N) is 6. The largest absolute Gasteiger partial charge is 0.476 e. The van der Waals surface area contributed by atoms with Crippen LogP contribution in [0.15, 0.2) is 36.4 Å². The molecule has 3 aromatic heterocycles. The number of imidazole rings is 1. The Kier molecular flexibility index (Phi) is 6.68. The molecule has 4 aromatic rings. The first-order chi connectivity index (χ1) is 20.4. The monoisotopic (exact) mass is 588 g/mol. The van der Waals surface area contributed by atoms with E-state index in [1.54, 1.807) is 18.2 Å². The summed E-state index contributed by atoms with van der Waals surface area (Å²) < 4.78 is 27.9. The number of fused-ring (bicyclic) bond motifs is 2. The lowest BCUT2D eigenvalue weighted by atomic mass is 9.90. The highest BCUT2D eigenvalue weighted by molar-refractivity contribution is 7.19. The van der Waals surface area contributed by atoms with E-state index in [0.717, 1.165) is 55.4 Å². The fourth-order valence-electron chi connectivity index (χ4n) is 6.60. The highest BCUT2D eigenvalue weighted by atomic mass is 32.1. The third-order valence-electron chi connectivity index (χ3n) is 9.14. The number of benzene rings is 1. The first-order valence-corrected chi connectivity index (χ1v) is 14.9. The van der Waals surface area contributed by atoms with E-state index in [1.165, 1.54) is 6.07 Å². The Bertz CT molecular complexity index is 1730. The van der Waals surface area contributed by atoms with Crippen LogP contribution in [0.2, 0.25) is 0 Å². The molecular weight excluding hydrogens is 559 g/mol. The number of aromatic nitrogens is 4. The number of rotatable bonds is 9. The van der Waals surface area contributed by atoms with Crippen LogP contribution in [-0.2, 0) is 29.8 Å². The average Bonchev–Trinajstić information content (AvgIpc) is 3.21. The van der Waals surface area contributed by atoms with Crippen molar-refractivity contribution >= 4 is 27.8 Å². The summed E-state index contributed by atoms with van der Waals surface area (Å²) in [5.41, 5.74) is 2.25. The molecule has 5 heterocycles. The van der Waals surface area contributed by atoms with Gasteiger partial charge in [0.15, 0.2) is 10.5 Å². The molecule has 1 N–H and O–H groups in total. The van der Waals surface area contributed by atoms with E-state index in [9.17, 15) is 14.3 Å². The highest BCUT2D eigenvalue weighted by Crippen LogP contribution is 2.63. The molecular formula is C30H29FN6O4S. The lowest BCUT2D eigenvalue weighted by molar-refractivity contribution is -0.0593. The van der Waals surface area contributed by atoms with Gasteiger partial charge in [-0.15, -0.1) is 0 Å². The number of aromatic carboxylic acids is 1. The SMILES string of the molecule is CC1C2CN(Cc3nc4sc(C(=O)O)nc4n3C[C@@H]3CCO3)CCC12c1cccc(OCc2ccc(C#N)cc2F)n1. The standard InChI is InChI=1S/C30H29FN6O4S/c1-17-21-14-36(15-24-34-27-26(35-28(42-27)29(38)39)37(24)13-20-7-10-40-20)9-8-30(17,21)23-3-2-4-25(33-23)41-16-19-6-5-18(12-32)11-22(19)31/h2-6,11,17,20-21H,7-10,13-16H2,1H3,(H,38,39)/t17?,20-,21?,30?/m0/s1. The number of ether oxygens (including phenoxy) is 2. The fourth-order valence-corrected chi connectivity index (χ4v) is 7.40. The van der Waals surface area contributed by atoms with Crippen LogP contribution >= 0.6 is 11.3 Å². The molecule has 7 rings (SSSR count). The molecule has 1 saturated carbocycles. The zero-order valence-corrected chi connectivity index (χ0v) is 23.8. The summed E-state index contributed by atoms with van der Waals surface area (Å²) in [5, 5.41) is 18.4. The number of hydrogen-bond donors (Lipinski definition) is 1. The molecule has 12 heteroatoms. The number of thiazole rings is 1. The zero-order valence-electron chi connectivity index (χ0n) is 23.0. The summed E-state index contributed by atoms with van der Waals surface area (Å²) >= 11 is 1.11. The number of pyridine rings is 1. The summed E-state index contributed by atoms with van der Waals surface area (Å²) in [6.45, 7) is 6.11. The van der Waals surface area contributed by atoms with Crippen LogP contribution in [0, 0.1) is 29.0 Å². The van der Waals surface area contributed by atoms with Crippen LogP contribution in [0.3, 0.4) is 0 Å². The van der Waals surface area contributed by atoms with Gasteiger partial charge in [0, 0.05) is 30.2 Å². The maximum atomic E-state index is 14.3. The number of carboxylic acid groups (broad SMARTS) is 1. The van der Waals surface area contributed by atoms with Gasteiger partial charge in [-0.3, -0.25) is 4.90 Å². The van der Waals surface area contributed by atoms with Crippen LogP contribution in [-0.4, -0.2) is 61.3 Å². The summed E-state index contributed by atoms with van der Waals surface area (Å²) in [6, 6.07) is 12.1. The molecule has 0 spiro atoms. The van der Waals surface area contributed by atoms with Gasteiger partial charge in [0.25, 0.3) is 0 Å². The minimum absolute atomic E-state index is 0.0248. The van der Waals surface area contributed by atoms with Crippen LogP contribution in [0.1, 0.15) is 52.2 Å². The molecule has 1 aromatic carbocycles. The number of halogens is 1. The predicted molar refractivity (Wildman–Crippen MR) is 151 cm³/mol. The number of carboxylic acids is 1. The molecule has 0 radical (unpaired) electrons. The number of likely N-dealkylation sites (tertiary alicyclic amines) is 1. The average molecular weight is 589 g/mol. The molecule has 0 bridgehead atoms. The highest BCUT2D eigenvalue weighted by Gasteiger charge is 2.65. The third kappa shape index (κ3) is 4.62. The normalized spacial score (nSPS) is 25.0. The first-order valence-electron chi connectivity index (χ1n) is 14.1. The van der Waals surface area contributed by atoms with Crippen molar-refractivity contribution in [2.45, 2.75) is 51.0 Å². The number of carbonyl (C=O) groups is 1. The lowest BCUT2D eigenvalue weighted by Crippen LogP contribution is -2.37. The quantitative estimate of drug-likeness (QED) is 0.303.